The Hall–Kier alpha value is -3.25. The summed E-state index contributed by atoms with van der Waals surface area (Å²) in [5.41, 5.74) is 5.71. The summed E-state index contributed by atoms with van der Waals surface area (Å²) in [6, 6.07) is 17.3. The lowest BCUT2D eigenvalue weighted by Crippen LogP contribution is -2.26. The number of fused-ring (bicyclic) bond motifs is 1. The van der Waals surface area contributed by atoms with Gasteiger partial charge in [-0.2, -0.15) is 9.61 Å². The fourth-order valence-corrected chi connectivity index (χ4v) is 3.26. The molecule has 6 nitrogen and oxygen atoms in total. The number of carbonyl (C=O) groups is 1. The van der Waals surface area contributed by atoms with Gasteiger partial charge in [0.15, 0.2) is 11.5 Å². The summed E-state index contributed by atoms with van der Waals surface area (Å²) in [5, 5.41) is 16.4. The molecule has 0 radical (unpaired) electrons. The van der Waals surface area contributed by atoms with E-state index in [-0.39, 0.29) is 18.9 Å². The summed E-state index contributed by atoms with van der Waals surface area (Å²) >= 11 is 6.13. The first-order valence-corrected chi connectivity index (χ1v) is 9.68. The molecule has 4 rings (SSSR count). The second kappa shape index (κ2) is 8.01. The molecule has 0 unspecified atom stereocenters. The van der Waals surface area contributed by atoms with Crippen LogP contribution in [0.15, 0.2) is 54.6 Å². The Morgan fingerprint density at radius 1 is 1.03 bits per heavy atom. The lowest BCUT2D eigenvalue weighted by molar-refractivity contribution is -0.120. The van der Waals surface area contributed by atoms with Crippen LogP contribution in [-0.4, -0.2) is 25.7 Å². The van der Waals surface area contributed by atoms with Gasteiger partial charge < -0.3 is 5.32 Å². The molecule has 0 fully saturated rings. The predicted octanol–water partition coefficient (Wildman–Crippen LogP) is 3.92. The van der Waals surface area contributed by atoms with Crippen molar-refractivity contribution in [3.8, 4) is 11.3 Å². The number of nitrogens with zero attached hydrogens (tertiary/aromatic N) is 4. The average Bonchev–Trinajstić information content (AvgIpc) is 3.12. The van der Waals surface area contributed by atoms with E-state index in [1.54, 1.807) is 10.6 Å². The third-order valence-corrected chi connectivity index (χ3v) is 5.25. The zero-order valence-corrected chi connectivity index (χ0v) is 16.9. The normalized spacial score (nSPS) is 11.0. The zero-order chi connectivity index (χ0) is 20.4. The van der Waals surface area contributed by atoms with E-state index in [0.717, 1.165) is 16.8 Å². The number of benzene rings is 2. The van der Waals surface area contributed by atoms with Gasteiger partial charge in [-0.15, -0.1) is 10.2 Å². The van der Waals surface area contributed by atoms with Crippen LogP contribution < -0.4 is 5.32 Å². The third kappa shape index (κ3) is 4.12. The maximum atomic E-state index is 12.3. The second-order valence-corrected chi connectivity index (χ2v) is 7.36. The Morgan fingerprint density at radius 3 is 2.66 bits per heavy atom. The number of hydrogen-bond donors (Lipinski definition) is 1. The molecule has 0 atom stereocenters. The van der Waals surface area contributed by atoms with Crippen molar-refractivity contribution in [1.29, 1.82) is 0 Å². The average molecular weight is 406 g/mol. The minimum atomic E-state index is -0.139. The highest BCUT2D eigenvalue weighted by molar-refractivity contribution is 6.31. The predicted molar refractivity (Wildman–Crippen MR) is 113 cm³/mol. The molecule has 0 saturated heterocycles. The van der Waals surface area contributed by atoms with E-state index in [4.69, 9.17) is 11.6 Å². The van der Waals surface area contributed by atoms with Crippen molar-refractivity contribution in [2.75, 3.05) is 0 Å². The molecular weight excluding hydrogens is 386 g/mol. The van der Waals surface area contributed by atoms with Gasteiger partial charge >= 0.3 is 0 Å². The number of hydrogen-bond acceptors (Lipinski definition) is 4. The summed E-state index contributed by atoms with van der Waals surface area (Å²) in [5.74, 6) is 0.429. The molecular formula is C22H20ClN5O. The Labute approximate surface area is 173 Å². The van der Waals surface area contributed by atoms with E-state index >= 15 is 0 Å². The Morgan fingerprint density at radius 2 is 1.86 bits per heavy atom. The van der Waals surface area contributed by atoms with Gasteiger partial charge in [-0.1, -0.05) is 41.9 Å². The molecule has 0 spiro atoms. The summed E-state index contributed by atoms with van der Waals surface area (Å²) in [7, 11) is 0. The van der Waals surface area contributed by atoms with Gasteiger partial charge in [0.2, 0.25) is 5.91 Å². The second-order valence-electron chi connectivity index (χ2n) is 6.95. The molecule has 7 heteroatoms. The highest BCUT2D eigenvalue weighted by Gasteiger charge is 2.12. The molecule has 0 aliphatic heterocycles. The van der Waals surface area contributed by atoms with Gasteiger partial charge in [-0.25, -0.2) is 0 Å². The topological polar surface area (TPSA) is 72.2 Å². The standard InChI is InChI=1S/C22H20ClN5O/c1-14-7-8-17(11-15(14)2)19-9-10-20-25-26-21(28(20)27-19)13-24-22(29)12-16-5-3-4-6-18(16)23/h3-11H,12-13H2,1-2H3,(H,24,29). The minimum absolute atomic E-state index is 0.139. The molecule has 0 aliphatic rings. The highest BCUT2D eigenvalue weighted by atomic mass is 35.5. The molecule has 0 aliphatic carbocycles. The quantitative estimate of drug-likeness (QED) is 0.546. The van der Waals surface area contributed by atoms with E-state index in [9.17, 15) is 4.79 Å². The summed E-state index contributed by atoms with van der Waals surface area (Å²) in [6.07, 6.45) is 0.206. The van der Waals surface area contributed by atoms with Gasteiger partial charge in [0.1, 0.15) is 0 Å². The molecule has 0 saturated carbocycles. The van der Waals surface area contributed by atoms with Crippen LogP contribution >= 0.6 is 11.6 Å². The van der Waals surface area contributed by atoms with Crippen LogP contribution in [0.25, 0.3) is 16.9 Å². The third-order valence-electron chi connectivity index (χ3n) is 4.88. The van der Waals surface area contributed by atoms with Crippen molar-refractivity contribution in [1.82, 2.24) is 25.1 Å². The first-order chi connectivity index (χ1) is 14.0. The Balaban J connectivity index is 1.52. The van der Waals surface area contributed by atoms with Crippen molar-refractivity contribution in [3.05, 3.63) is 82.1 Å². The van der Waals surface area contributed by atoms with Crippen LogP contribution in [0.3, 0.4) is 0 Å². The van der Waals surface area contributed by atoms with E-state index < -0.39 is 0 Å². The lowest BCUT2D eigenvalue weighted by Gasteiger charge is -2.07. The molecule has 2 aromatic heterocycles. The van der Waals surface area contributed by atoms with Crippen molar-refractivity contribution < 1.29 is 4.79 Å². The van der Waals surface area contributed by atoms with Gasteiger partial charge in [0.25, 0.3) is 0 Å². The molecule has 146 valence electrons. The molecule has 1 amide bonds. The highest BCUT2D eigenvalue weighted by Crippen LogP contribution is 2.21. The van der Waals surface area contributed by atoms with E-state index in [2.05, 4.69) is 46.6 Å². The van der Waals surface area contributed by atoms with Crippen LogP contribution in [0.5, 0.6) is 0 Å². The van der Waals surface area contributed by atoms with E-state index in [0.29, 0.717) is 16.5 Å². The molecule has 1 N–H and O–H groups in total. The van der Waals surface area contributed by atoms with Gasteiger partial charge in [-0.3, -0.25) is 4.79 Å². The SMILES string of the molecule is Cc1ccc(-c2ccc3nnc(CNC(=O)Cc4ccccc4Cl)n3n2)cc1C. The van der Waals surface area contributed by atoms with E-state index in [1.165, 1.54) is 11.1 Å². The fraction of sp³-hybridized carbons (Fsp3) is 0.182. The number of amides is 1. The first-order valence-electron chi connectivity index (χ1n) is 9.30. The van der Waals surface area contributed by atoms with E-state index in [1.807, 2.05) is 36.4 Å². The van der Waals surface area contributed by atoms with Crippen molar-refractivity contribution in [2.24, 2.45) is 0 Å². The minimum Gasteiger partial charge on any atom is -0.348 e. The van der Waals surface area contributed by atoms with Crippen molar-refractivity contribution in [2.45, 2.75) is 26.8 Å². The van der Waals surface area contributed by atoms with Gasteiger partial charge in [0, 0.05) is 10.6 Å². The summed E-state index contributed by atoms with van der Waals surface area (Å²) < 4.78 is 1.67. The maximum Gasteiger partial charge on any atom is 0.224 e. The molecule has 0 bridgehead atoms. The van der Waals surface area contributed by atoms with Crippen molar-refractivity contribution in [3.63, 3.8) is 0 Å². The number of halogens is 1. The summed E-state index contributed by atoms with van der Waals surface area (Å²) in [6.45, 7) is 4.39. The van der Waals surface area contributed by atoms with Crippen LogP contribution in [0.4, 0.5) is 0 Å². The largest absolute Gasteiger partial charge is 0.348 e. The van der Waals surface area contributed by atoms with Crippen LogP contribution in [0.1, 0.15) is 22.5 Å². The van der Waals surface area contributed by atoms with Crippen LogP contribution in [0.2, 0.25) is 5.02 Å². The molecule has 4 aromatic rings. The van der Waals surface area contributed by atoms with Gasteiger partial charge in [0.05, 0.1) is 18.7 Å². The monoisotopic (exact) mass is 405 g/mol. The van der Waals surface area contributed by atoms with Gasteiger partial charge in [-0.05, 0) is 54.8 Å². The maximum absolute atomic E-state index is 12.3. The number of nitrogens with one attached hydrogen (secondary N) is 1. The number of carbonyl (C=O) groups excluding carboxylic acids is 1. The van der Waals surface area contributed by atoms with Crippen molar-refractivity contribution >= 4 is 23.2 Å². The Kier molecular flexibility index (Phi) is 5.27. The number of aryl methyl sites for hydroxylation is 2. The summed E-state index contributed by atoms with van der Waals surface area (Å²) in [4.78, 5) is 12.3. The Bertz CT molecular complexity index is 1200. The first kappa shape index (κ1) is 19.1. The number of aromatic nitrogens is 4. The molecule has 29 heavy (non-hydrogen) atoms. The molecule has 2 aromatic carbocycles. The van der Waals surface area contributed by atoms with Crippen LogP contribution in [-0.2, 0) is 17.8 Å². The smallest absolute Gasteiger partial charge is 0.224 e. The lowest BCUT2D eigenvalue weighted by atomic mass is 10.0. The fourth-order valence-electron chi connectivity index (χ4n) is 3.05. The zero-order valence-electron chi connectivity index (χ0n) is 16.2. The molecule has 2 heterocycles. The van der Waals surface area contributed by atoms with Crippen LogP contribution in [0, 0.1) is 13.8 Å². The number of rotatable bonds is 5.